The minimum Gasteiger partial charge on any atom is -0.326 e. The maximum Gasteiger partial charge on any atom is 0.247 e. The maximum absolute atomic E-state index is 12.8. The zero-order valence-electron chi connectivity index (χ0n) is 16.5. The predicted octanol–water partition coefficient (Wildman–Crippen LogP) is 4.95. The minimum absolute atomic E-state index is 0.0956. The van der Waals surface area contributed by atoms with Crippen molar-refractivity contribution in [1.29, 1.82) is 0 Å². The van der Waals surface area contributed by atoms with E-state index in [1.54, 1.807) is 36.4 Å². The summed E-state index contributed by atoms with van der Waals surface area (Å²) in [5.41, 5.74) is 2.16. The molecule has 1 N–H and O–H groups in total. The van der Waals surface area contributed by atoms with Crippen LogP contribution in [0.5, 0.6) is 0 Å². The molecule has 4 rings (SSSR count). The summed E-state index contributed by atoms with van der Waals surface area (Å²) in [5, 5.41) is 2.93. The predicted molar refractivity (Wildman–Crippen MR) is 123 cm³/mol. The smallest absolute Gasteiger partial charge is 0.247 e. The molecule has 156 valence electrons. The van der Waals surface area contributed by atoms with E-state index in [1.807, 2.05) is 42.5 Å². The van der Waals surface area contributed by atoms with Gasteiger partial charge in [0.25, 0.3) is 0 Å². The number of thioether (sulfide) groups is 1. The Labute approximate surface area is 189 Å². The van der Waals surface area contributed by atoms with Gasteiger partial charge in [-0.05, 0) is 54.1 Å². The van der Waals surface area contributed by atoms with Crippen LogP contribution >= 0.6 is 23.4 Å². The number of nitrogens with one attached hydrogen (secondary N) is 1. The van der Waals surface area contributed by atoms with E-state index in [2.05, 4.69) is 5.32 Å². The van der Waals surface area contributed by atoms with Gasteiger partial charge >= 0.3 is 0 Å². The number of carbonyl (C=O) groups is 3. The fraction of sp³-hybridized carbons (Fsp3) is 0.125. The van der Waals surface area contributed by atoms with Crippen molar-refractivity contribution < 1.29 is 14.4 Å². The second kappa shape index (κ2) is 9.37. The first-order valence-corrected chi connectivity index (χ1v) is 11.0. The Bertz CT molecular complexity index is 1100. The van der Waals surface area contributed by atoms with Crippen LogP contribution in [0.1, 0.15) is 12.0 Å². The van der Waals surface area contributed by atoms with Gasteiger partial charge < -0.3 is 5.32 Å². The second-order valence-electron chi connectivity index (χ2n) is 7.09. The van der Waals surface area contributed by atoms with Gasteiger partial charge in [0.05, 0.1) is 17.4 Å². The van der Waals surface area contributed by atoms with Crippen LogP contribution in [0.4, 0.5) is 11.4 Å². The van der Waals surface area contributed by atoms with E-state index in [1.165, 1.54) is 16.7 Å². The number of amides is 3. The third-order valence-corrected chi connectivity index (χ3v) is 6.26. The van der Waals surface area contributed by atoms with Crippen LogP contribution in [0.2, 0.25) is 5.02 Å². The first-order chi connectivity index (χ1) is 15.0. The van der Waals surface area contributed by atoms with Crippen LogP contribution in [0.25, 0.3) is 0 Å². The Balaban J connectivity index is 1.36. The lowest BCUT2D eigenvalue weighted by atomic mass is 10.1. The summed E-state index contributed by atoms with van der Waals surface area (Å²) >= 11 is 7.24. The summed E-state index contributed by atoms with van der Waals surface area (Å²) in [4.78, 5) is 39.5. The molecule has 1 saturated heterocycles. The number of nitrogens with zero attached hydrogens (tertiary/aromatic N) is 1. The molecule has 1 aliphatic rings. The van der Waals surface area contributed by atoms with E-state index >= 15 is 0 Å². The fourth-order valence-electron chi connectivity index (χ4n) is 3.33. The van der Waals surface area contributed by atoms with Crippen molar-refractivity contribution in [3.63, 3.8) is 0 Å². The highest BCUT2D eigenvalue weighted by Gasteiger charge is 2.40. The number of carbonyl (C=O) groups excluding carboxylic acids is 3. The van der Waals surface area contributed by atoms with Crippen LogP contribution in [0.15, 0.2) is 83.8 Å². The first kappa shape index (κ1) is 21.2. The Morgan fingerprint density at radius 3 is 2.32 bits per heavy atom. The summed E-state index contributed by atoms with van der Waals surface area (Å²) in [6, 6.07) is 23.4. The Morgan fingerprint density at radius 1 is 0.968 bits per heavy atom. The van der Waals surface area contributed by atoms with Crippen LogP contribution < -0.4 is 10.2 Å². The van der Waals surface area contributed by atoms with Crippen molar-refractivity contribution in [3.8, 4) is 0 Å². The SMILES string of the molecule is O=C(Cc1ccccc1)Nc1ccc(SC2CC(=O)N(c3ccc(Cl)cc3)C2=O)cc1. The summed E-state index contributed by atoms with van der Waals surface area (Å²) in [7, 11) is 0. The average Bonchev–Trinajstić information content (AvgIpc) is 3.04. The van der Waals surface area contributed by atoms with Crippen molar-refractivity contribution in [2.24, 2.45) is 0 Å². The lowest BCUT2D eigenvalue weighted by molar-refractivity contribution is -0.121. The quantitative estimate of drug-likeness (QED) is 0.540. The molecule has 1 atom stereocenters. The molecule has 0 aliphatic carbocycles. The van der Waals surface area contributed by atoms with Crippen molar-refractivity contribution in [3.05, 3.63) is 89.4 Å². The molecule has 0 saturated carbocycles. The molecular weight excluding hydrogens is 432 g/mol. The largest absolute Gasteiger partial charge is 0.326 e. The van der Waals surface area contributed by atoms with Crippen molar-refractivity contribution in [1.82, 2.24) is 0 Å². The van der Waals surface area contributed by atoms with Gasteiger partial charge in [-0.3, -0.25) is 14.4 Å². The standard InChI is InChI=1S/C24H19ClN2O3S/c25-17-6-10-19(11-7-17)27-23(29)15-21(24(27)30)31-20-12-8-18(9-13-20)26-22(28)14-16-4-2-1-3-5-16/h1-13,21H,14-15H2,(H,26,28). The molecule has 0 bridgehead atoms. The molecule has 0 spiro atoms. The molecule has 3 aromatic carbocycles. The van der Waals surface area contributed by atoms with E-state index < -0.39 is 5.25 Å². The van der Waals surface area contributed by atoms with Crippen LogP contribution in [0, 0.1) is 0 Å². The van der Waals surface area contributed by atoms with Gasteiger partial charge in [-0.15, -0.1) is 11.8 Å². The van der Waals surface area contributed by atoms with Crippen molar-refractivity contribution in [2.45, 2.75) is 23.0 Å². The lowest BCUT2D eigenvalue weighted by Crippen LogP contribution is -2.31. The Kier molecular flexibility index (Phi) is 6.39. The number of benzene rings is 3. The molecule has 7 heteroatoms. The van der Waals surface area contributed by atoms with Gasteiger partial charge in [0.15, 0.2) is 0 Å². The maximum atomic E-state index is 12.8. The van der Waals surface area contributed by atoms with Crippen molar-refractivity contribution >= 4 is 52.5 Å². The van der Waals surface area contributed by atoms with Crippen LogP contribution in [0.3, 0.4) is 0 Å². The third kappa shape index (κ3) is 5.16. The Morgan fingerprint density at radius 2 is 1.65 bits per heavy atom. The molecule has 31 heavy (non-hydrogen) atoms. The molecule has 5 nitrogen and oxygen atoms in total. The number of imide groups is 1. The molecule has 1 fully saturated rings. The molecular formula is C24H19ClN2O3S. The molecule has 0 radical (unpaired) electrons. The normalized spacial score (nSPS) is 15.9. The summed E-state index contributed by atoms with van der Waals surface area (Å²) in [6.07, 6.45) is 0.443. The fourth-order valence-corrected chi connectivity index (χ4v) is 4.50. The first-order valence-electron chi connectivity index (χ1n) is 9.72. The average molecular weight is 451 g/mol. The number of anilines is 2. The van der Waals surface area contributed by atoms with E-state index in [4.69, 9.17) is 11.6 Å². The summed E-state index contributed by atoms with van der Waals surface area (Å²) in [5.74, 6) is -0.561. The number of hydrogen-bond donors (Lipinski definition) is 1. The highest BCUT2D eigenvalue weighted by Crippen LogP contribution is 2.34. The molecule has 1 unspecified atom stereocenters. The van der Waals surface area contributed by atoms with Crippen molar-refractivity contribution in [2.75, 3.05) is 10.2 Å². The number of rotatable bonds is 6. The monoisotopic (exact) mass is 450 g/mol. The molecule has 3 aromatic rings. The highest BCUT2D eigenvalue weighted by atomic mass is 35.5. The Hall–Kier alpha value is -3.09. The summed E-state index contributed by atoms with van der Waals surface area (Å²) in [6.45, 7) is 0. The van der Waals surface area contributed by atoms with E-state index in [-0.39, 0.29) is 24.1 Å². The topological polar surface area (TPSA) is 66.5 Å². The zero-order valence-corrected chi connectivity index (χ0v) is 18.0. The van der Waals surface area contributed by atoms with Gasteiger partial charge in [0.1, 0.15) is 0 Å². The van der Waals surface area contributed by atoms with E-state index in [9.17, 15) is 14.4 Å². The molecule has 3 amide bonds. The van der Waals surface area contributed by atoms with Gasteiger partial charge in [0.2, 0.25) is 17.7 Å². The van der Waals surface area contributed by atoms with Gasteiger partial charge in [-0.2, -0.15) is 0 Å². The number of hydrogen-bond acceptors (Lipinski definition) is 4. The lowest BCUT2D eigenvalue weighted by Gasteiger charge is -2.15. The summed E-state index contributed by atoms with van der Waals surface area (Å²) < 4.78 is 0. The third-order valence-electron chi connectivity index (χ3n) is 4.81. The van der Waals surface area contributed by atoms with Crippen LogP contribution in [-0.2, 0) is 20.8 Å². The van der Waals surface area contributed by atoms with E-state index in [0.717, 1.165) is 10.5 Å². The minimum atomic E-state index is -0.485. The molecule has 1 heterocycles. The molecule has 0 aromatic heterocycles. The van der Waals surface area contributed by atoms with Gasteiger partial charge in [0, 0.05) is 22.0 Å². The second-order valence-corrected chi connectivity index (χ2v) is 8.80. The molecule has 1 aliphatic heterocycles. The highest BCUT2D eigenvalue weighted by molar-refractivity contribution is 8.00. The number of halogens is 1. The zero-order chi connectivity index (χ0) is 21.8. The van der Waals surface area contributed by atoms with Gasteiger partial charge in [-0.25, -0.2) is 4.90 Å². The van der Waals surface area contributed by atoms with Gasteiger partial charge in [-0.1, -0.05) is 41.9 Å². The van der Waals surface area contributed by atoms with E-state index in [0.29, 0.717) is 22.8 Å². The van der Waals surface area contributed by atoms with Crippen LogP contribution in [-0.4, -0.2) is 23.0 Å².